The Labute approximate surface area is 102 Å². The van der Waals surface area contributed by atoms with Crippen LogP contribution in [0, 0.1) is 11.3 Å². The van der Waals surface area contributed by atoms with Crippen LogP contribution in [0.2, 0.25) is 0 Å². The molecule has 0 bridgehead atoms. The zero-order valence-corrected chi connectivity index (χ0v) is 11.3. The summed E-state index contributed by atoms with van der Waals surface area (Å²) in [4.78, 5) is 2.58. The summed E-state index contributed by atoms with van der Waals surface area (Å²) in [6, 6.07) is 0. The molecule has 0 radical (unpaired) electrons. The van der Waals surface area contributed by atoms with Gasteiger partial charge in [0.1, 0.15) is 0 Å². The van der Waals surface area contributed by atoms with E-state index in [2.05, 4.69) is 18.9 Å². The molecular formula is C15H29N. The summed E-state index contributed by atoms with van der Waals surface area (Å²) in [5, 5.41) is 0. The molecule has 2 atom stereocenters. The second kappa shape index (κ2) is 5.53. The van der Waals surface area contributed by atoms with Gasteiger partial charge in [-0.25, -0.2) is 0 Å². The average Bonchev–Trinajstić information content (AvgIpc) is 2.56. The molecule has 1 heteroatoms. The number of hydrogen-bond acceptors (Lipinski definition) is 1. The first-order valence-corrected chi connectivity index (χ1v) is 7.45. The van der Waals surface area contributed by atoms with Gasteiger partial charge in [0.15, 0.2) is 0 Å². The fraction of sp³-hybridized carbons (Fsp3) is 1.00. The smallest absolute Gasteiger partial charge is 0.00119 e. The predicted molar refractivity (Wildman–Crippen MR) is 70.6 cm³/mol. The van der Waals surface area contributed by atoms with Crippen molar-refractivity contribution in [3.8, 4) is 0 Å². The van der Waals surface area contributed by atoms with E-state index in [-0.39, 0.29) is 0 Å². The Morgan fingerprint density at radius 3 is 2.81 bits per heavy atom. The molecule has 2 aliphatic rings. The highest BCUT2D eigenvalue weighted by Gasteiger charge is 2.43. The normalized spacial score (nSPS) is 36.0. The third-order valence-corrected chi connectivity index (χ3v) is 5.12. The lowest BCUT2D eigenvalue weighted by Crippen LogP contribution is -2.31. The van der Waals surface area contributed by atoms with E-state index in [1.807, 2.05) is 0 Å². The Morgan fingerprint density at radius 2 is 2.00 bits per heavy atom. The van der Waals surface area contributed by atoms with Crippen LogP contribution in [0.25, 0.3) is 0 Å². The van der Waals surface area contributed by atoms with Crippen LogP contribution >= 0.6 is 0 Å². The van der Waals surface area contributed by atoms with Crippen molar-refractivity contribution in [1.82, 2.24) is 4.90 Å². The Hall–Kier alpha value is -0.0400. The number of hydrogen-bond donors (Lipinski definition) is 0. The molecule has 1 saturated heterocycles. The van der Waals surface area contributed by atoms with Gasteiger partial charge in [0, 0.05) is 6.54 Å². The number of fused-ring (bicyclic) bond motifs is 1. The summed E-state index contributed by atoms with van der Waals surface area (Å²) in [6.45, 7) is 5.04. The Bertz CT molecular complexity index is 213. The van der Waals surface area contributed by atoms with Gasteiger partial charge in [0.25, 0.3) is 0 Å². The van der Waals surface area contributed by atoms with Crippen LogP contribution in [0.3, 0.4) is 0 Å². The third-order valence-electron chi connectivity index (χ3n) is 5.12. The van der Waals surface area contributed by atoms with Gasteiger partial charge < -0.3 is 4.90 Å². The van der Waals surface area contributed by atoms with E-state index >= 15 is 0 Å². The molecule has 1 heterocycles. The average molecular weight is 223 g/mol. The van der Waals surface area contributed by atoms with Crippen molar-refractivity contribution in [2.24, 2.45) is 11.3 Å². The molecule has 2 rings (SSSR count). The van der Waals surface area contributed by atoms with Crippen LogP contribution in [0.5, 0.6) is 0 Å². The monoisotopic (exact) mass is 223 g/mol. The molecule has 0 amide bonds. The topological polar surface area (TPSA) is 3.24 Å². The molecular weight excluding hydrogens is 194 g/mol. The molecule has 1 aliphatic carbocycles. The van der Waals surface area contributed by atoms with E-state index in [4.69, 9.17) is 0 Å². The predicted octanol–water partition coefficient (Wildman–Crippen LogP) is 4.08. The molecule has 94 valence electrons. The maximum Gasteiger partial charge on any atom is 0.00119 e. The lowest BCUT2D eigenvalue weighted by molar-refractivity contribution is 0.153. The maximum absolute atomic E-state index is 2.58. The van der Waals surface area contributed by atoms with Crippen LogP contribution < -0.4 is 0 Å². The summed E-state index contributed by atoms with van der Waals surface area (Å²) in [6.07, 6.45) is 13.3. The summed E-state index contributed by atoms with van der Waals surface area (Å²) in [5.41, 5.74) is 0.764. The van der Waals surface area contributed by atoms with E-state index in [1.165, 1.54) is 70.9 Å². The third kappa shape index (κ3) is 2.61. The fourth-order valence-electron chi connectivity index (χ4n) is 4.17. The Kier molecular flexibility index (Phi) is 4.29. The molecule has 0 spiro atoms. The minimum absolute atomic E-state index is 0.764. The van der Waals surface area contributed by atoms with Gasteiger partial charge in [-0.2, -0.15) is 0 Å². The second-order valence-electron chi connectivity index (χ2n) is 6.27. The molecule has 1 nitrogen and oxygen atoms in total. The largest absolute Gasteiger partial charge is 0.306 e. The van der Waals surface area contributed by atoms with Gasteiger partial charge in [-0.3, -0.25) is 0 Å². The zero-order chi connectivity index (χ0) is 11.4. The van der Waals surface area contributed by atoms with E-state index in [9.17, 15) is 0 Å². The Morgan fingerprint density at radius 1 is 1.19 bits per heavy atom. The summed E-state index contributed by atoms with van der Waals surface area (Å²) >= 11 is 0. The molecule has 16 heavy (non-hydrogen) atoms. The minimum Gasteiger partial charge on any atom is -0.306 e. The van der Waals surface area contributed by atoms with Crippen LogP contribution in [0.15, 0.2) is 0 Å². The van der Waals surface area contributed by atoms with Crippen LogP contribution in [-0.4, -0.2) is 25.0 Å². The van der Waals surface area contributed by atoms with Crippen molar-refractivity contribution < 1.29 is 0 Å². The molecule has 1 aliphatic heterocycles. The van der Waals surface area contributed by atoms with Gasteiger partial charge in [-0.1, -0.05) is 32.6 Å². The first kappa shape index (κ1) is 12.4. The summed E-state index contributed by atoms with van der Waals surface area (Å²) < 4.78 is 0. The van der Waals surface area contributed by atoms with Gasteiger partial charge in [-0.15, -0.1) is 0 Å². The van der Waals surface area contributed by atoms with E-state index < -0.39 is 0 Å². The van der Waals surface area contributed by atoms with Crippen molar-refractivity contribution >= 4 is 0 Å². The molecule has 0 aromatic carbocycles. The van der Waals surface area contributed by atoms with Crippen LogP contribution in [0.4, 0.5) is 0 Å². The van der Waals surface area contributed by atoms with Gasteiger partial charge in [-0.05, 0) is 57.0 Å². The van der Waals surface area contributed by atoms with Crippen LogP contribution in [-0.2, 0) is 0 Å². The number of unbranched alkanes of at least 4 members (excludes halogenated alkanes) is 2. The number of nitrogens with zero attached hydrogens (tertiary/aromatic N) is 1. The quantitative estimate of drug-likeness (QED) is 0.649. The van der Waals surface area contributed by atoms with Crippen molar-refractivity contribution in [3.05, 3.63) is 0 Å². The van der Waals surface area contributed by atoms with Gasteiger partial charge in [0.2, 0.25) is 0 Å². The molecule has 0 aromatic heterocycles. The van der Waals surface area contributed by atoms with Crippen molar-refractivity contribution in [2.45, 2.75) is 64.7 Å². The Balaban J connectivity index is 1.97. The molecule has 2 fully saturated rings. The summed E-state index contributed by atoms with van der Waals surface area (Å²) in [5.74, 6) is 1.02. The maximum atomic E-state index is 2.58. The van der Waals surface area contributed by atoms with Crippen molar-refractivity contribution in [1.29, 1.82) is 0 Å². The second-order valence-corrected chi connectivity index (χ2v) is 6.27. The van der Waals surface area contributed by atoms with Crippen molar-refractivity contribution in [3.63, 3.8) is 0 Å². The fourth-order valence-corrected chi connectivity index (χ4v) is 4.17. The van der Waals surface area contributed by atoms with E-state index in [1.54, 1.807) is 0 Å². The first-order valence-electron chi connectivity index (χ1n) is 7.45. The molecule has 0 N–H and O–H groups in total. The number of likely N-dealkylation sites (tertiary alicyclic amines) is 1. The van der Waals surface area contributed by atoms with Crippen LogP contribution in [0.1, 0.15) is 64.7 Å². The lowest BCUT2D eigenvalue weighted by atomic mass is 9.71. The minimum atomic E-state index is 0.764. The highest BCUT2D eigenvalue weighted by molar-refractivity contribution is 4.94. The first-order chi connectivity index (χ1) is 7.77. The highest BCUT2D eigenvalue weighted by atomic mass is 15.1. The number of rotatable bonds is 4. The van der Waals surface area contributed by atoms with Gasteiger partial charge >= 0.3 is 0 Å². The summed E-state index contributed by atoms with van der Waals surface area (Å²) in [7, 11) is 2.32. The molecule has 2 unspecified atom stereocenters. The van der Waals surface area contributed by atoms with Crippen molar-refractivity contribution in [2.75, 3.05) is 20.1 Å². The van der Waals surface area contributed by atoms with E-state index in [0.717, 1.165) is 11.3 Å². The van der Waals surface area contributed by atoms with E-state index in [0.29, 0.717) is 0 Å². The molecule has 0 aromatic rings. The highest BCUT2D eigenvalue weighted by Crippen LogP contribution is 2.51. The molecule has 1 saturated carbocycles. The standard InChI is InChI=1S/C15H29N/c1-3-4-5-9-15-10-6-8-14(15)13-16(2)12-7-11-15/h14H,3-13H2,1-2H3. The van der Waals surface area contributed by atoms with Gasteiger partial charge in [0.05, 0.1) is 0 Å². The zero-order valence-electron chi connectivity index (χ0n) is 11.3. The lowest BCUT2D eigenvalue weighted by Gasteiger charge is -2.35. The SMILES string of the molecule is CCCCCC12CCCC1CN(C)CCC2.